The number of hydrogen-bond acceptors (Lipinski definition) is 2. The number of pyridine rings is 1. The standard InChI is InChI=1S/C11H16N2/c1-9-5-6-11(13(9)2)10-4-3-7-12-8-10/h3-4,7-9,11H,5-6H2,1-2H3/t9?,11-/m0/s1. The summed E-state index contributed by atoms with van der Waals surface area (Å²) in [6.07, 6.45) is 6.39. The van der Waals surface area contributed by atoms with Crippen molar-refractivity contribution in [3.8, 4) is 0 Å². The summed E-state index contributed by atoms with van der Waals surface area (Å²) >= 11 is 0. The Balaban J connectivity index is 2.19. The highest BCUT2D eigenvalue weighted by Gasteiger charge is 2.28. The molecule has 0 amide bonds. The molecule has 0 saturated carbocycles. The molecule has 1 aromatic heterocycles. The van der Waals surface area contributed by atoms with Crippen molar-refractivity contribution in [2.45, 2.75) is 31.8 Å². The van der Waals surface area contributed by atoms with Gasteiger partial charge in [0, 0.05) is 24.5 Å². The molecule has 1 aromatic rings. The Morgan fingerprint density at radius 3 is 2.85 bits per heavy atom. The van der Waals surface area contributed by atoms with Crippen LogP contribution in [0.15, 0.2) is 24.5 Å². The highest BCUT2D eigenvalue weighted by atomic mass is 15.2. The predicted molar refractivity (Wildman–Crippen MR) is 53.4 cm³/mol. The predicted octanol–water partition coefficient (Wildman–Crippen LogP) is 2.24. The van der Waals surface area contributed by atoms with Crippen molar-refractivity contribution in [2.24, 2.45) is 0 Å². The molecule has 1 aliphatic heterocycles. The van der Waals surface area contributed by atoms with Crippen LogP contribution in [0.1, 0.15) is 31.4 Å². The first-order valence-corrected chi connectivity index (χ1v) is 4.91. The lowest BCUT2D eigenvalue weighted by atomic mass is 10.1. The fourth-order valence-corrected chi connectivity index (χ4v) is 2.09. The van der Waals surface area contributed by atoms with Gasteiger partial charge in [0.15, 0.2) is 0 Å². The average molecular weight is 176 g/mol. The summed E-state index contributed by atoms with van der Waals surface area (Å²) in [5.41, 5.74) is 1.36. The molecule has 2 atom stereocenters. The molecule has 0 bridgehead atoms. The van der Waals surface area contributed by atoms with Crippen molar-refractivity contribution >= 4 is 0 Å². The van der Waals surface area contributed by atoms with E-state index < -0.39 is 0 Å². The third kappa shape index (κ3) is 1.59. The van der Waals surface area contributed by atoms with Gasteiger partial charge in [0.25, 0.3) is 0 Å². The van der Waals surface area contributed by atoms with Gasteiger partial charge in [-0.3, -0.25) is 9.88 Å². The molecule has 0 aromatic carbocycles. The van der Waals surface area contributed by atoms with Crippen molar-refractivity contribution in [3.63, 3.8) is 0 Å². The topological polar surface area (TPSA) is 16.1 Å². The van der Waals surface area contributed by atoms with Crippen molar-refractivity contribution in [1.82, 2.24) is 9.88 Å². The fourth-order valence-electron chi connectivity index (χ4n) is 2.09. The number of nitrogens with zero attached hydrogens (tertiary/aromatic N) is 2. The molecule has 0 radical (unpaired) electrons. The number of hydrogen-bond donors (Lipinski definition) is 0. The first kappa shape index (κ1) is 8.70. The lowest BCUT2D eigenvalue weighted by molar-refractivity contribution is 0.256. The summed E-state index contributed by atoms with van der Waals surface area (Å²) in [5.74, 6) is 0. The average Bonchev–Trinajstić information content (AvgIpc) is 2.49. The van der Waals surface area contributed by atoms with Crippen LogP contribution in [0.5, 0.6) is 0 Å². The minimum atomic E-state index is 0.587. The molecule has 2 nitrogen and oxygen atoms in total. The van der Waals surface area contributed by atoms with Crippen LogP contribution >= 0.6 is 0 Å². The second-order valence-corrected chi connectivity index (χ2v) is 3.89. The van der Waals surface area contributed by atoms with Crippen LogP contribution in [-0.2, 0) is 0 Å². The van der Waals surface area contributed by atoms with Gasteiger partial charge in [0.05, 0.1) is 0 Å². The number of likely N-dealkylation sites (tertiary alicyclic amines) is 1. The summed E-state index contributed by atoms with van der Waals surface area (Å²) in [6, 6.07) is 5.49. The highest BCUT2D eigenvalue weighted by Crippen LogP contribution is 2.33. The second-order valence-electron chi connectivity index (χ2n) is 3.89. The molecular weight excluding hydrogens is 160 g/mol. The molecule has 1 unspecified atom stereocenters. The molecule has 2 heteroatoms. The molecule has 0 spiro atoms. The van der Waals surface area contributed by atoms with Gasteiger partial charge in [0.2, 0.25) is 0 Å². The first-order valence-electron chi connectivity index (χ1n) is 4.91. The van der Waals surface area contributed by atoms with Crippen molar-refractivity contribution < 1.29 is 0 Å². The van der Waals surface area contributed by atoms with Gasteiger partial charge in [-0.2, -0.15) is 0 Å². The zero-order chi connectivity index (χ0) is 9.26. The zero-order valence-corrected chi connectivity index (χ0v) is 8.27. The smallest absolute Gasteiger partial charge is 0.0363 e. The van der Waals surface area contributed by atoms with Crippen molar-refractivity contribution in [3.05, 3.63) is 30.1 Å². The maximum Gasteiger partial charge on any atom is 0.0363 e. The van der Waals surface area contributed by atoms with E-state index in [2.05, 4.69) is 29.9 Å². The third-order valence-corrected chi connectivity index (χ3v) is 3.11. The molecular formula is C11H16N2. The molecule has 0 aliphatic carbocycles. The highest BCUT2D eigenvalue weighted by molar-refractivity contribution is 5.15. The Morgan fingerprint density at radius 1 is 1.46 bits per heavy atom. The van der Waals surface area contributed by atoms with Crippen LogP contribution in [0, 0.1) is 0 Å². The van der Waals surface area contributed by atoms with E-state index in [0.717, 1.165) is 0 Å². The van der Waals surface area contributed by atoms with Crippen LogP contribution in [-0.4, -0.2) is 23.0 Å². The van der Waals surface area contributed by atoms with Gasteiger partial charge >= 0.3 is 0 Å². The molecule has 2 rings (SSSR count). The van der Waals surface area contributed by atoms with E-state index in [1.165, 1.54) is 18.4 Å². The molecule has 1 aliphatic rings. The minimum Gasteiger partial charge on any atom is -0.297 e. The van der Waals surface area contributed by atoms with Gasteiger partial charge in [-0.1, -0.05) is 6.07 Å². The van der Waals surface area contributed by atoms with E-state index in [4.69, 9.17) is 0 Å². The summed E-state index contributed by atoms with van der Waals surface area (Å²) in [7, 11) is 2.20. The second kappa shape index (κ2) is 3.46. The van der Waals surface area contributed by atoms with Crippen molar-refractivity contribution in [2.75, 3.05) is 7.05 Å². The summed E-state index contributed by atoms with van der Waals surface area (Å²) in [6.45, 7) is 2.29. The Labute approximate surface area is 79.6 Å². The molecule has 1 saturated heterocycles. The molecule has 0 N–H and O–H groups in total. The van der Waals surface area contributed by atoms with Crippen LogP contribution in [0.4, 0.5) is 0 Å². The fraction of sp³-hybridized carbons (Fsp3) is 0.545. The molecule has 1 fully saturated rings. The Morgan fingerprint density at radius 2 is 2.31 bits per heavy atom. The maximum absolute atomic E-state index is 4.16. The van der Waals surface area contributed by atoms with Gasteiger partial charge in [0.1, 0.15) is 0 Å². The summed E-state index contributed by atoms with van der Waals surface area (Å²) in [4.78, 5) is 6.60. The monoisotopic (exact) mass is 176 g/mol. The lowest BCUT2D eigenvalue weighted by Gasteiger charge is -2.23. The largest absolute Gasteiger partial charge is 0.297 e. The van der Waals surface area contributed by atoms with E-state index >= 15 is 0 Å². The first-order chi connectivity index (χ1) is 6.29. The van der Waals surface area contributed by atoms with E-state index in [1.807, 2.05) is 18.5 Å². The van der Waals surface area contributed by atoms with E-state index in [-0.39, 0.29) is 0 Å². The van der Waals surface area contributed by atoms with Gasteiger partial charge in [-0.05, 0) is 38.4 Å². The Hall–Kier alpha value is -0.890. The van der Waals surface area contributed by atoms with Crippen LogP contribution in [0.2, 0.25) is 0 Å². The lowest BCUT2D eigenvalue weighted by Crippen LogP contribution is -2.24. The Bertz CT molecular complexity index is 271. The van der Waals surface area contributed by atoms with E-state index in [9.17, 15) is 0 Å². The van der Waals surface area contributed by atoms with Gasteiger partial charge < -0.3 is 0 Å². The van der Waals surface area contributed by atoms with Crippen LogP contribution in [0.25, 0.3) is 0 Å². The SMILES string of the molecule is CC1CC[C@@H](c2cccnc2)N1C. The zero-order valence-electron chi connectivity index (χ0n) is 8.27. The molecule has 13 heavy (non-hydrogen) atoms. The minimum absolute atomic E-state index is 0.587. The van der Waals surface area contributed by atoms with Gasteiger partial charge in [-0.15, -0.1) is 0 Å². The van der Waals surface area contributed by atoms with Gasteiger partial charge in [-0.25, -0.2) is 0 Å². The molecule has 70 valence electrons. The van der Waals surface area contributed by atoms with E-state index in [0.29, 0.717) is 12.1 Å². The summed E-state index contributed by atoms with van der Waals surface area (Å²) in [5, 5.41) is 0. The van der Waals surface area contributed by atoms with Crippen LogP contribution < -0.4 is 0 Å². The Kier molecular flexibility index (Phi) is 2.32. The molecule has 2 heterocycles. The van der Waals surface area contributed by atoms with Crippen LogP contribution in [0.3, 0.4) is 0 Å². The number of aromatic nitrogens is 1. The van der Waals surface area contributed by atoms with Crippen molar-refractivity contribution in [1.29, 1.82) is 0 Å². The quantitative estimate of drug-likeness (QED) is 0.652. The summed E-state index contributed by atoms with van der Waals surface area (Å²) < 4.78 is 0. The normalized spacial score (nSPS) is 29.4. The number of rotatable bonds is 1. The maximum atomic E-state index is 4.16. The third-order valence-electron chi connectivity index (χ3n) is 3.11. The van der Waals surface area contributed by atoms with E-state index in [1.54, 1.807) is 0 Å².